The van der Waals surface area contributed by atoms with Gasteiger partial charge in [-0.05, 0) is 0 Å². The molecule has 0 fully saturated rings. The molecule has 0 saturated heterocycles. The van der Waals surface area contributed by atoms with E-state index in [1.54, 1.807) is 0 Å². The van der Waals surface area contributed by atoms with Gasteiger partial charge < -0.3 is 21.3 Å². The van der Waals surface area contributed by atoms with Crippen molar-refractivity contribution in [3.8, 4) is 0 Å². The Morgan fingerprint density at radius 2 is 1.83 bits per heavy atom. The second kappa shape index (κ2) is 8.34. The van der Waals surface area contributed by atoms with Gasteiger partial charge in [0.15, 0.2) is 0 Å². The lowest BCUT2D eigenvalue weighted by Gasteiger charge is -2.11. The van der Waals surface area contributed by atoms with Gasteiger partial charge in [0, 0.05) is 12.2 Å². The van der Waals surface area contributed by atoms with Crippen LogP contribution in [-0.2, 0) is 19.2 Å². The first-order valence-electron chi connectivity index (χ1n) is 4.93. The van der Waals surface area contributed by atoms with E-state index in [1.807, 2.05) is 0 Å². The highest BCUT2D eigenvalue weighted by Crippen LogP contribution is 2.02. The largest absolute Gasteiger partial charge is 0.481 e. The number of primary amides is 1. The molecule has 2 amide bonds. The lowest BCUT2D eigenvalue weighted by molar-refractivity contribution is -0.147. The zero-order valence-corrected chi connectivity index (χ0v) is 10.2. The van der Waals surface area contributed by atoms with Crippen molar-refractivity contribution in [2.24, 2.45) is 5.73 Å². The average Bonchev–Trinajstić information content (AvgIpc) is 2.22. The Hall–Kier alpha value is -1.77. The molecule has 0 aliphatic carbocycles. The molecule has 0 heterocycles. The van der Waals surface area contributed by atoms with E-state index in [0.717, 1.165) is 11.8 Å². The van der Waals surface area contributed by atoms with E-state index < -0.39 is 36.2 Å². The van der Waals surface area contributed by atoms with Crippen molar-refractivity contribution in [2.75, 3.05) is 11.5 Å². The number of aliphatic carboxylic acids is 2. The van der Waals surface area contributed by atoms with Crippen LogP contribution in [0.25, 0.3) is 0 Å². The minimum absolute atomic E-state index is 0.0126. The molecule has 9 heteroatoms. The second-order valence-electron chi connectivity index (χ2n) is 3.33. The molecule has 5 N–H and O–H groups in total. The molecule has 0 aliphatic rings. The number of nitrogens with two attached hydrogens (primary N) is 1. The topological polar surface area (TPSA) is 147 Å². The number of carbonyl (C=O) groups is 4. The van der Waals surface area contributed by atoms with Crippen LogP contribution in [-0.4, -0.2) is 51.5 Å². The zero-order valence-electron chi connectivity index (χ0n) is 9.42. The summed E-state index contributed by atoms with van der Waals surface area (Å²) < 4.78 is 0. The van der Waals surface area contributed by atoms with Crippen LogP contribution in [0.3, 0.4) is 0 Å². The minimum atomic E-state index is -1.45. The number of nitrogens with one attached hydrogen (secondary N) is 1. The number of carboxylic acid groups (broad SMARTS) is 2. The fourth-order valence-electron chi connectivity index (χ4n) is 0.979. The Morgan fingerprint density at radius 1 is 1.22 bits per heavy atom. The second-order valence-corrected chi connectivity index (χ2v) is 4.43. The molecule has 0 bridgehead atoms. The molecule has 0 aromatic heterocycles. The SMILES string of the molecule is NC(=O)CSCCC(=O)N[C@H](CC(=O)O)C(=O)O. The maximum absolute atomic E-state index is 11.3. The number of amides is 2. The number of hydrogen-bond donors (Lipinski definition) is 4. The van der Waals surface area contributed by atoms with Crippen LogP contribution < -0.4 is 11.1 Å². The van der Waals surface area contributed by atoms with Crippen LogP contribution >= 0.6 is 11.8 Å². The van der Waals surface area contributed by atoms with E-state index in [4.69, 9.17) is 15.9 Å². The molecular weight excluding hydrogens is 264 g/mol. The number of rotatable bonds is 9. The maximum Gasteiger partial charge on any atom is 0.326 e. The summed E-state index contributed by atoms with van der Waals surface area (Å²) in [6, 6.07) is -1.45. The molecule has 0 unspecified atom stereocenters. The summed E-state index contributed by atoms with van der Waals surface area (Å²) in [5.41, 5.74) is 4.88. The summed E-state index contributed by atoms with van der Waals surface area (Å²) in [7, 11) is 0. The van der Waals surface area contributed by atoms with Crippen molar-refractivity contribution in [1.82, 2.24) is 5.32 Å². The smallest absolute Gasteiger partial charge is 0.326 e. The number of hydrogen-bond acceptors (Lipinski definition) is 5. The quantitative estimate of drug-likeness (QED) is 0.381. The third kappa shape index (κ3) is 8.39. The van der Waals surface area contributed by atoms with Gasteiger partial charge in [0.2, 0.25) is 11.8 Å². The molecular formula is C9H14N2O6S. The summed E-state index contributed by atoms with van der Waals surface area (Å²) in [4.78, 5) is 42.7. The summed E-state index contributed by atoms with van der Waals surface area (Å²) in [6.45, 7) is 0. The highest BCUT2D eigenvalue weighted by Gasteiger charge is 2.22. The van der Waals surface area contributed by atoms with E-state index in [-0.39, 0.29) is 12.2 Å². The zero-order chi connectivity index (χ0) is 14.1. The van der Waals surface area contributed by atoms with Crippen LogP contribution in [0.1, 0.15) is 12.8 Å². The molecule has 18 heavy (non-hydrogen) atoms. The third-order valence-corrected chi connectivity index (χ3v) is 2.71. The van der Waals surface area contributed by atoms with Crippen LogP contribution in [0.2, 0.25) is 0 Å². The standard InChI is InChI=1S/C9H14N2O6S/c10-6(12)4-18-2-1-7(13)11-5(9(16)17)3-8(14)15/h5H,1-4H2,(H2,10,12)(H,11,13)(H,14,15)(H,16,17)/t5-/m1/s1. The van der Waals surface area contributed by atoms with E-state index in [2.05, 4.69) is 5.32 Å². The van der Waals surface area contributed by atoms with Crippen molar-refractivity contribution in [3.63, 3.8) is 0 Å². The van der Waals surface area contributed by atoms with Gasteiger partial charge in [-0.15, -0.1) is 0 Å². The lowest BCUT2D eigenvalue weighted by atomic mass is 10.2. The van der Waals surface area contributed by atoms with Crippen molar-refractivity contribution in [1.29, 1.82) is 0 Å². The molecule has 0 saturated carbocycles. The molecule has 0 rings (SSSR count). The van der Waals surface area contributed by atoms with Crippen LogP contribution in [0, 0.1) is 0 Å². The van der Waals surface area contributed by atoms with Gasteiger partial charge in [-0.2, -0.15) is 11.8 Å². The van der Waals surface area contributed by atoms with Gasteiger partial charge >= 0.3 is 11.9 Å². The molecule has 1 atom stereocenters. The van der Waals surface area contributed by atoms with Crippen LogP contribution in [0.5, 0.6) is 0 Å². The number of carboxylic acids is 2. The summed E-state index contributed by atoms with van der Waals surface area (Å²) in [5, 5.41) is 19.2. The summed E-state index contributed by atoms with van der Waals surface area (Å²) >= 11 is 1.14. The first-order valence-corrected chi connectivity index (χ1v) is 6.08. The van der Waals surface area contributed by atoms with E-state index >= 15 is 0 Å². The highest BCUT2D eigenvalue weighted by atomic mass is 32.2. The molecule has 0 radical (unpaired) electrons. The van der Waals surface area contributed by atoms with Gasteiger partial charge in [-0.25, -0.2) is 4.79 Å². The molecule has 102 valence electrons. The molecule has 0 aromatic carbocycles. The Morgan fingerprint density at radius 3 is 2.28 bits per heavy atom. The Labute approximate surface area is 107 Å². The Bertz CT molecular complexity index is 346. The normalized spacial score (nSPS) is 11.6. The van der Waals surface area contributed by atoms with Crippen molar-refractivity contribution >= 4 is 35.5 Å². The lowest BCUT2D eigenvalue weighted by Crippen LogP contribution is -2.42. The first-order chi connectivity index (χ1) is 8.32. The minimum Gasteiger partial charge on any atom is -0.481 e. The highest BCUT2D eigenvalue weighted by molar-refractivity contribution is 7.99. The van der Waals surface area contributed by atoms with E-state index in [1.165, 1.54) is 0 Å². The van der Waals surface area contributed by atoms with Gasteiger partial charge in [0.05, 0.1) is 12.2 Å². The predicted molar refractivity (Wildman–Crippen MR) is 63.0 cm³/mol. The van der Waals surface area contributed by atoms with Crippen LogP contribution in [0.4, 0.5) is 0 Å². The number of carbonyl (C=O) groups excluding carboxylic acids is 2. The fourth-order valence-corrected chi connectivity index (χ4v) is 1.65. The van der Waals surface area contributed by atoms with Crippen molar-refractivity contribution in [2.45, 2.75) is 18.9 Å². The molecule has 0 spiro atoms. The monoisotopic (exact) mass is 278 g/mol. The van der Waals surface area contributed by atoms with Crippen LogP contribution in [0.15, 0.2) is 0 Å². The maximum atomic E-state index is 11.3. The Kier molecular flexibility index (Phi) is 7.52. The average molecular weight is 278 g/mol. The van der Waals surface area contributed by atoms with Crippen molar-refractivity contribution in [3.05, 3.63) is 0 Å². The Balaban J connectivity index is 3.99. The fraction of sp³-hybridized carbons (Fsp3) is 0.556. The summed E-state index contributed by atoms with van der Waals surface area (Å²) in [6.07, 6.45) is -0.698. The van der Waals surface area contributed by atoms with Crippen molar-refractivity contribution < 1.29 is 29.4 Å². The predicted octanol–water partition coefficient (Wildman–Crippen LogP) is -1.36. The molecule has 0 aromatic rings. The summed E-state index contributed by atoms with van der Waals surface area (Å²) in [5.74, 6) is -3.43. The molecule has 8 nitrogen and oxygen atoms in total. The van der Waals surface area contributed by atoms with Gasteiger partial charge in [-0.3, -0.25) is 14.4 Å². The number of thioether (sulfide) groups is 1. The van der Waals surface area contributed by atoms with E-state index in [9.17, 15) is 19.2 Å². The van der Waals surface area contributed by atoms with Gasteiger partial charge in [0.25, 0.3) is 0 Å². The van der Waals surface area contributed by atoms with Gasteiger partial charge in [-0.1, -0.05) is 0 Å². The third-order valence-electron chi connectivity index (χ3n) is 1.73. The van der Waals surface area contributed by atoms with E-state index in [0.29, 0.717) is 5.75 Å². The molecule has 0 aliphatic heterocycles. The first kappa shape index (κ1) is 16.2. The van der Waals surface area contributed by atoms with Gasteiger partial charge in [0.1, 0.15) is 6.04 Å².